The van der Waals surface area contributed by atoms with Crippen LogP contribution in [0.25, 0.3) is 0 Å². The number of nitrogens with two attached hydrogens (primary N) is 1. The summed E-state index contributed by atoms with van der Waals surface area (Å²) in [5.74, 6) is 0.218. The Morgan fingerprint density at radius 3 is 2.94 bits per heavy atom. The van der Waals surface area contributed by atoms with Crippen molar-refractivity contribution in [2.45, 2.75) is 32.2 Å². The second kappa shape index (κ2) is 7.13. The fourth-order valence-electron chi connectivity index (χ4n) is 1.57. The van der Waals surface area contributed by atoms with Gasteiger partial charge >= 0.3 is 5.69 Å². The number of aromatic nitrogens is 1. The van der Waals surface area contributed by atoms with E-state index in [0.29, 0.717) is 6.54 Å². The van der Waals surface area contributed by atoms with E-state index in [1.165, 1.54) is 12.3 Å². The first-order valence-corrected chi connectivity index (χ1v) is 6.22. The highest BCUT2D eigenvalue weighted by Crippen LogP contribution is 2.25. The third-order valence-corrected chi connectivity index (χ3v) is 2.77. The van der Waals surface area contributed by atoms with Crippen LogP contribution in [0.1, 0.15) is 26.2 Å². The predicted octanol–water partition coefficient (Wildman–Crippen LogP) is 2.57. The molecule has 1 aromatic rings. The molecule has 1 aromatic heterocycles. The lowest BCUT2D eigenvalue weighted by Crippen LogP contribution is -2.29. The van der Waals surface area contributed by atoms with E-state index in [0.717, 1.165) is 19.3 Å². The van der Waals surface area contributed by atoms with Gasteiger partial charge in [0.2, 0.25) is 5.82 Å². The number of nitrogens with one attached hydrogen (secondary N) is 1. The van der Waals surface area contributed by atoms with Gasteiger partial charge in [0.1, 0.15) is 0 Å². The first-order chi connectivity index (χ1) is 8.58. The van der Waals surface area contributed by atoms with Gasteiger partial charge in [0, 0.05) is 24.8 Å². The Hall–Kier alpha value is -1.40. The molecule has 0 amide bonds. The molecule has 0 radical (unpaired) electrons. The van der Waals surface area contributed by atoms with Crippen LogP contribution in [0.2, 0.25) is 5.02 Å². The summed E-state index contributed by atoms with van der Waals surface area (Å²) in [5, 5.41) is 14.1. The molecular weight excluding hydrogens is 256 g/mol. The van der Waals surface area contributed by atoms with E-state index in [2.05, 4.69) is 17.2 Å². The minimum Gasteiger partial charge on any atom is -0.360 e. The van der Waals surface area contributed by atoms with Gasteiger partial charge in [-0.05, 0) is 6.42 Å². The Morgan fingerprint density at radius 1 is 1.67 bits per heavy atom. The molecule has 0 bridgehead atoms. The molecule has 1 atom stereocenters. The molecule has 1 unspecified atom stereocenters. The molecule has 0 aromatic carbocycles. The Labute approximate surface area is 111 Å². The normalized spacial score (nSPS) is 12.2. The lowest BCUT2D eigenvalue weighted by molar-refractivity contribution is -0.384. The standard InChI is InChI=1S/C11H17ClN4O2/c1-2-3-4-9(6-13)15-11-10(16(17)18)5-8(12)7-14-11/h5,7,9H,2-4,6,13H2,1H3,(H,14,15). The maximum absolute atomic E-state index is 10.9. The number of nitrogens with zero attached hydrogens (tertiary/aromatic N) is 2. The smallest absolute Gasteiger partial charge is 0.312 e. The molecule has 0 aliphatic rings. The number of halogens is 1. The van der Waals surface area contributed by atoms with Gasteiger partial charge in [0.25, 0.3) is 0 Å². The van der Waals surface area contributed by atoms with Crippen molar-refractivity contribution in [1.29, 1.82) is 0 Å². The predicted molar refractivity (Wildman–Crippen MR) is 71.9 cm³/mol. The van der Waals surface area contributed by atoms with Gasteiger partial charge in [-0.3, -0.25) is 10.1 Å². The van der Waals surface area contributed by atoms with Crippen molar-refractivity contribution in [2.75, 3.05) is 11.9 Å². The van der Waals surface area contributed by atoms with Crippen molar-refractivity contribution < 1.29 is 4.92 Å². The van der Waals surface area contributed by atoms with Crippen LogP contribution in [-0.4, -0.2) is 22.5 Å². The van der Waals surface area contributed by atoms with Crippen LogP contribution in [0, 0.1) is 10.1 Å². The maximum Gasteiger partial charge on any atom is 0.312 e. The van der Waals surface area contributed by atoms with Crippen molar-refractivity contribution in [3.05, 3.63) is 27.4 Å². The molecule has 0 aliphatic heterocycles. The third-order valence-electron chi connectivity index (χ3n) is 2.56. The lowest BCUT2D eigenvalue weighted by Gasteiger charge is -2.16. The van der Waals surface area contributed by atoms with Crippen molar-refractivity contribution in [2.24, 2.45) is 5.73 Å². The molecule has 0 fully saturated rings. The topological polar surface area (TPSA) is 94.1 Å². The summed E-state index contributed by atoms with van der Waals surface area (Å²) in [6.07, 6.45) is 4.29. The minimum atomic E-state index is -0.505. The van der Waals surface area contributed by atoms with Gasteiger partial charge in [-0.15, -0.1) is 0 Å². The summed E-state index contributed by atoms with van der Waals surface area (Å²) in [7, 11) is 0. The quantitative estimate of drug-likeness (QED) is 0.588. The monoisotopic (exact) mass is 272 g/mol. The summed E-state index contributed by atoms with van der Waals surface area (Å²) < 4.78 is 0. The Bertz CT molecular complexity index is 414. The van der Waals surface area contributed by atoms with Gasteiger partial charge in [0.15, 0.2) is 0 Å². The van der Waals surface area contributed by atoms with Gasteiger partial charge < -0.3 is 11.1 Å². The van der Waals surface area contributed by atoms with Crippen molar-refractivity contribution in [3.8, 4) is 0 Å². The van der Waals surface area contributed by atoms with Crippen LogP contribution in [0.3, 0.4) is 0 Å². The number of anilines is 1. The van der Waals surface area contributed by atoms with E-state index < -0.39 is 4.92 Å². The molecule has 0 saturated heterocycles. The van der Waals surface area contributed by atoms with Gasteiger partial charge in [-0.2, -0.15) is 0 Å². The molecule has 1 rings (SSSR count). The second-order valence-electron chi connectivity index (χ2n) is 4.00. The molecule has 0 aliphatic carbocycles. The van der Waals surface area contributed by atoms with Gasteiger partial charge in [-0.25, -0.2) is 4.98 Å². The van der Waals surface area contributed by atoms with Crippen molar-refractivity contribution >= 4 is 23.1 Å². The minimum absolute atomic E-state index is 0.0164. The summed E-state index contributed by atoms with van der Waals surface area (Å²) >= 11 is 5.70. The first-order valence-electron chi connectivity index (χ1n) is 5.85. The number of hydrogen-bond donors (Lipinski definition) is 2. The van der Waals surface area contributed by atoms with Gasteiger partial charge in [-0.1, -0.05) is 31.4 Å². The van der Waals surface area contributed by atoms with Crippen molar-refractivity contribution in [1.82, 2.24) is 4.98 Å². The highest BCUT2D eigenvalue weighted by Gasteiger charge is 2.18. The lowest BCUT2D eigenvalue weighted by atomic mass is 10.1. The van der Waals surface area contributed by atoms with E-state index in [-0.39, 0.29) is 22.6 Å². The number of rotatable bonds is 7. The molecule has 1 heterocycles. The molecule has 6 nitrogen and oxygen atoms in total. The van der Waals surface area contributed by atoms with E-state index in [9.17, 15) is 10.1 Å². The van der Waals surface area contributed by atoms with Crippen LogP contribution >= 0.6 is 11.6 Å². The average molecular weight is 273 g/mol. The summed E-state index contributed by atoms with van der Waals surface area (Å²) in [4.78, 5) is 14.3. The maximum atomic E-state index is 10.9. The molecule has 100 valence electrons. The number of nitro groups is 1. The van der Waals surface area contributed by atoms with E-state index in [4.69, 9.17) is 17.3 Å². The molecule has 7 heteroatoms. The van der Waals surface area contributed by atoms with Crippen LogP contribution in [-0.2, 0) is 0 Å². The zero-order valence-electron chi connectivity index (χ0n) is 10.2. The van der Waals surface area contributed by atoms with Crippen molar-refractivity contribution in [3.63, 3.8) is 0 Å². The fourth-order valence-corrected chi connectivity index (χ4v) is 1.72. The van der Waals surface area contributed by atoms with E-state index >= 15 is 0 Å². The Balaban J connectivity index is 2.84. The average Bonchev–Trinajstić information content (AvgIpc) is 2.35. The van der Waals surface area contributed by atoms with Crippen LogP contribution in [0.4, 0.5) is 11.5 Å². The number of unbranched alkanes of at least 4 members (excludes halogenated alkanes) is 1. The Kier molecular flexibility index (Phi) is 5.80. The molecular formula is C11H17ClN4O2. The third kappa shape index (κ3) is 4.12. The highest BCUT2D eigenvalue weighted by atomic mass is 35.5. The van der Waals surface area contributed by atoms with E-state index in [1.807, 2.05) is 0 Å². The number of hydrogen-bond acceptors (Lipinski definition) is 5. The largest absolute Gasteiger partial charge is 0.360 e. The molecule has 3 N–H and O–H groups in total. The van der Waals surface area contributed by atoms with E-state index in [1.54, 1.807) is 0 Å². The fraction of sp³-hybridized carbons (Fsp3) is 0.545. The molecule has 0 spiro atoms. The Morgan fingerprint density at radius 2 is 2.39 bits per heavy atom. The first kappa shape index (κ1) is 14.7. The van der Waals surface area contributed by atoms with Crippen LogP contribution in [0.5, 0.6) is 0 Å². The molecule has 0 saturated carbocycles. The zero-order chi connectivity index (χ0) is 13.5. The SMILES string of the molecule is CCCCC(CN)Nc1ncc(Cl)cc1[N+](=O)[O-]. The highest BCUT2D eigenvalue weighted by molar-refractivity contribution is 6.30. The molecule has 18 heavy (non-hydrogen) atoms. The summed E-state index contributed by atoms with van der Waals surface area (Å²) in [6, 6.07) is 1.27. The van der Waals surface area contributed by atoms with Gasteiger partial charge in [0.05, 0.1) is 9.95 Å². The zero-order valence-corrected chi connectivity index (χ0v) is 11.0. The second-order valence-corrected chi connectivity index (χ2v) is 4.43. The summed E-state index contributed by atoms with van der Waals surface area (Å²) in [5.41, 5.74) is 5.50. The number of pyridine rings is 1. The van der Waals surface area contributed by atoms with Crippen LogP contribution in [0.15, 0.2) is 12.3 Å². The van der Waals surface area contributed by atoms with Crippen LogP contribution < -0.4 is 11.1 Å². The summed E-state index contributed by atoms with van der Waals surface area (Å²) in [6.45, 7) is 2.48.